The lowest BCUT2D eigenvalue weighted by molar-refractivity contribution is -0.135. The first-order chi connectivity index (χ1) is 17.4. The number of benzene rings is 2. The minimum atomic E-state index is -0.880. The van der Waals surface area contributed by atoms with Crippen LogP contribution in [0.3, 0.4) is 0 Å². The van der Waals surface area contributed by atoms with Gasteiger partial charge in [0.25, 0.3) is 0 Å². The van der Waals surface area contributed by atoms with Crippen LogP contribution in [0.15, 0.2) is 39.5 Å². The minimum Gasteiger partial charge on any atom is -0.452 e. The molecule has 0 bridgehead atoms. The molecule has 1 aromatic heterocycles. The smallest absolute Gasteiger partial charge is 0.308 e. The van der Waals surface area contributed by atoms with Crippen LogP contribution >= 0.6 is 0 Å². The number of hydrogen-bond acceptors (Lipinski definition) is 12. The molecular weight excluding hydrogens is 492 g/mol. The third kappa shape index (κ3) is 6.17. The Hall–Kier alpha value is -5.00. The van der Waals surface area contributed by atoms with Crippen LogP contribution in [0.2, 0.25) is 0 Å². The monoisotopic (exact) mass is 512 g/mol. The van der Waals surface area contributed by atoms with E-state index in [1.165, 1.54) is 18.2 Å². The van der Waals surface area contributed by atoms with Crippen LogP contribution < -0.4 is 29.1 Å². The van der Waals surface area contributed by atoms with E-state index in [-0.39, 0.29) is 39.5 Å². The van der Waals surface area contributed by atoms with E-state index in [9.17, 15) is 28.8 Å². The largest absolute Gasteiger partial charge is 0.452 e. The summed E-state index contributed by atoms with van der Waals surface area (Å²) < 4.78 is 31.5. The van der Waals surface area contributed by atoms with E-state index in [4.69, 9.17) is 28.1 Å². The highest BCUT2D eigenvalue weighted by molar-refractivity contribution is 5.91. The molecule has 192 valence electrons. The number of esters is 5. The average Bonchev–Trinajstić information content (AvgIpc) is 2.76. The van der Waals surface area contributed by atoms with Crippen molar-refractivity contribution in [3.8, 4) is 40.1 Å². The molecule has 0 aliphatic carbocycles. The highest BCUT2D eigenvalue weighted by Gasteiger charge is 2.26. The van der Waals surface area contributed by atoms with Crippen LogP contribution in [0, 0.1) is 0 Å². The van der Waals surface area contributed by atoms with E-state index in [1.54, 1.807) is 0 Å². The lowest BCUT2D eigenvalue weighted by Gasteiger charge is -2.16. The molecule has 37 heavy (non-hydrogen) atoms. The fraction of sp³-hybridized carbons (Fsp3) is 0.200. The Bertz CT molecular complexity index is 1480. The first-order valence-electron chi connectivity index (χ1n) is 10.6. The van der Waals surface area contributed by atoms with Gasteiger partial charge in [0.15, 0.2) is 17.3 Å². The van der Waals surface area contributed by atoms with Crippen LogP contribution in [0.1, 0.15) is 34.6 Å². The fourth-order valence-electron chi connectivity index (χ4n) is 3.27. The Morgan fingerprint density at radius 2 is 1.08 bits per heavy atom. The van der Waals surface area contributed by atoms with Crippen molar-refractivity contribution in [2.75, 3.05) is 0 Å². The van der Waals surface area contributed by atoms with Crippen molar-refractivity contribution in [2.24, 2.45) is 0 Å². The molecular formula is C25H20O12. The van der Waals surface area contributed by atoms with Gasteiger partial charge < -0.3 is 28.1 Å². The molecule has 12 nitrogen and oxygen atoms in total. The second-order valence-corrected chi connectivity index (χ2v) is 7.49. The van der Waals surface area contributed by atoms with Gasteiger partial charge in [0.05, 0.1) is 0 Å². The summed E-state index contributed by atoms with van der Waals surface area (Å²) in [6.45, 7) is 5.41. The molecule has 0 atom stereocenters. The lowest BCUT2D eigenvalue weighted by atomic mass is 10.1. The summed E-state index contributed by atoms with van der Waals surface area (Å²) in [5, 5.41) is -0.186. The molecule has 12 heteroatoms. The van der Waals surface area contributed by atoms with E-state index >= 15 is 0 Å². The molecule has 3 rings (SSSR count). The first kappa shape index (κ1) is 26.6. The third-order valence-corrected chi connectivity index (χ3v) is 4.38. The van der Waals surface area contributed by atoms with Crippen molar-refractivity contribution in [2.45, 2.75) is 34.6 Å². The highest BCUT2D eigenvalue weighted by atomic mass is 16.6. The van der Waals surface area contributed by atoms with Gasteiger partial charge in [-0.15, -0.1) is 0 Å². The second-order valence-electron chi connectivity index (χ2n) is 7.49. The van der Waals surface area contributed by atoms with Gasteiger partial charge in [0.1, 0.15) is 16.7 Å². The van der Waals surface area contributed by atoms with Gasteiger partial charge in [-0.1, -0.05) is 6.07 Å². The van der Waals surface area contributed by atoms with Crippen LogP contribution in [0.5, 0.6) is 28.7 Å². The summed E-state index contributed by atoms with van der Waals surface area (Å²) in [7, 11) is 0. The Morgan fingerprint density at radius 3 is 1.57 bits per heavy atom. The average molecular weight is 512 g/mol. The summed E-state index contributed by atoms with van der Waals surface area (Å²) in [5.74, 6) is -6.20. The van der Waals surface area contributed by atoms with Crippen LogP contribution in [-0.2, 0) is 24.0 Å². The summed E-state index contributed by atoms with van der Waals surface area (Å²) >= 11 is 0. The molecule has 0 spiro atoms. The van der Waals surface area contributed by atoms with Crippen molar-refractivity contribution in [3.63, 3.8) is 0 Å². The third-order valence-electron chi connectivity index (χ3n) is 4.38. The van der Waals surface area contributed by atoms with Gasteiger partial charge in [-0.05, 0) is 24.3 Å². The fourth-order valence-corrected chi connectivity index (χ4v) is 3.27. The summed E-state index contributed by atoms with van der Waals surface area (Å²) in [4.78, 5) is 72.0. The molecule has 2 aromatic carbocycles. The number of ether oxygens (including phenoxy) is 5. The molecule has 0 aliphatic rings. The molecule has 1 heterocycles. The summed E-state index contributed by atoms with van der Waals surface area (Å²) in [6, 6.07) is 6.51. The topological polar surface area (TPSA) is 162 Å². The first-order valence-corrected chi connectivity index (χ1v) is 10.6. The van der Waals surface area contributed by atoms with Gasteiger partial charge in [-0.25, -0.2) is 0 Å². The van der Waals surface area contributed by atoms with E-state index in [1.807, 2.05) is 0 Å². The van der Waals surface area contributed by atoms with Crippen molar-refractivity contribution >= 4 is 40.8 Å². The summed E-state index contributed by atoms with van der Waals surface area (Å²) in [5.41, 5.74) is -0.978. The standard InChI is InChI=1S/C25H20O12/c1-11(26)32-17-7-6-8-18-21(17)22(31)25(36-15(5)30)23(37-18)16-9-19(33-12(2)27)24(35-14(4)29)20(10-16)34-13(3)28/h6-10H,1-5H3. The molecule has 0 amide bonds. The SMILES string of the molecule is CC(=O)Oc1cc(-c2oc3cccc(OC(C)=O)c3c(=O)c2OC(C)=O)cc(OC(C)=O)c1OC(C)=O. The molecule has 0 N–H and O–H groups in total. The Balaban J connectivity index is 2.42. The number of fused-ring (bicyclic) bond motifs is 1. The maximum Gasteiger partial charge on any atom is 0.308 e. The molecule has 3 aromatic rings. The number of carbonyl (C=O) groups is 5. The molecule has 0 aliphatic heterocycles. The lowest BCUT2D eigenvalue weighted by Crippen LogP contribution is -2.15. The second kappa shape index (κ2) is 10.7. The zero-order chi connectivity index (χ0) is 27.4. The number of rotatable bonds is 6. The zero-order valence-corrected chi connectivity index (χ0v) is 20.3. The maximum absolute atomic E-state index is 13.4. The van der Waals surface area contributed by atoms with Gasteiger partial charge in [-0.3, -0.25) is 28.8 Å². The van der Waals surface area contributed by atoms with Crippen molar-refractivity contribution in [1.82, 2.24) is 0 Å². The molecule has 0 radical (unpaired) electrons. The van der Waals surface area contributed by atoms with Crippen LogP contribution in [0.25, 0.3) is 22.3 Å². The van der Waals surface area contributed by atoms with Crippen molar-refractivity contribution in [3.05, 3.63) is 40.6 Å². The predicted octanol–water partition coefficient (Wildman–Crippen LogP) is 3.09. The zero-order valence-electron chi connectivity index (χ0n) is 20.3. The molecule has 0 fully saturated rings. The van der Waals surface area contributed by atoms with E-state index in [2.05, 4.69) is 0 Å². The Labute approximate surface area is 208 Å². The van der Waals surface area contributed by atoms with Gasteiger partial charge in [0.2, 0.25) is 16.9 Å². The number of hydrogen-bond donors (Lipinski definition) is 0. The molecule has 0 saturated heterocycles. The summed E-state index contributed by atoms with van der Waals surface area (Å²) in [6.07, 6.45) is 0. The molecule has 0 unspecified atom stereocenters. The van der Waals surface area contributed by atoms with E-state index in [0.29, 0.717) is 0 Å². The van der Waals surface area contributed by atoms with Crippen molar-refractivity contribution < 1.29 is 52.1 Å². The molecule has 0 saturated carbocycles. The van der Waals surface area contributed by atoms with Gasteiger partial charge >= 0.3 is 29.8 Å². The van der Waals surface area contributed by atoms with Gasteiger partial charge in [-0.2, -0.15) is 0 Å². The van der Waals surface area contributed by atoms with E-state index in [0.717, 1.165) is 46.8 Å². The van der Waals surface area contributed by atoms with Gasteiger partial charge in [0, 0.05) is 40.2 Å². The maximum atomic E-state index is 13.4. The quantitative estimate of drug-likeness (QED) is 0.351. The minimum absolute atomic E-state index is 0.0539. The Morgan fingerprint density at radius 1 is 0.622 bits per heavy atom. The van der Waals surface area contributed by atoms with Crippen LogP contribution in [-0.4, -0.2) is 29.8 Å². The predicted molar refractivity (Wildman–Crippen MR) is 124 cm³/mol. The van der Waals surface area contributed by atoms with Crippen molar-refractivity contribution in [1.29, 1.82) is 0 Å². The highest BCUT2D eigenvalue weighted by Crippen LogP contribution is 2.44. The Kier molecular flexibility index (Phi) is 7.71. The van der Waals surface area contributed by atoms with E-state index < -0.39 is 46.8 Å². The normalized spacial score (nSPS) is 10.4. The number of carbonyl (C=O) groups excluding carboxylic acids is 5. The van der Waals surface area contributed by atoms with Crippen LogP contribution in [0.4, 0.5) is 0 Å².